The molecule has 0 spiro atoms. The Hall–Kier alpha value is -2.01. The van der Waals surface area contributed by atoms with E-state index in [1.165, 1.54) is 19.1 Å². The molecule has 2 atom stereocenters. The highest BCUT2D eigenvalue weighted by Crippen LogP contribution is 2.46. The Morgan fingerprint density at radius 1 is 1.20 bits per heavy atom. The predicted octanol–water partition coefficient (Wildman–Crippen LogP) is 3.35. The van der Waals surface area contributed by atoms with Gasteiger partial charge in [0.25, 0.3) is 5.69 Å². The maximum absolute atomic E-state index is 12.0. The van der Waals surface area contributed by atoms with Gasteiger partial charge in [0.1, 0.15) is 5.02 Å². The standard InChI is InChI=1S/C13H10Cl2N2O7S/c1-7-3-2-4-9(13(7,17(20)21)25(22,23)24)8-5-12(16(18)19)11(15)6-10(8)14/h2-7H,1H3,(H,22,23,24). The molecular formula is C13H10Cl2N2O7S. The van der Waals surface area contributed by atoms with Gasteiger partial charge >= 0.3 is 15.0 Å². The van der Waals surface area contributed by atoms with Crippen molar-refractivity contribution in [3.05, 3.63) is 66.2 Å². The van der Waals surface area contributed by atoms with Crippen LogP contribution in [0.1, 0.15) is 12.5 Å². The molecule has 0 bridgehead atoms. The van der Waals surface area contributed by atoms with Gasteiger partial charge in [0.2, 0.25) is 0 Å². The minimum absolute atomic E-state index is 0.237. The minimum Gasteiger partial charge on any atom is -0.280 e. The highest BCUT2D eigenvalue weighted by atomic mass is 35.5. The van der Waals surface area contributed by atoms with E-state index < -0.39 is 42.0 Å². The van der Waals surface area contributed by atoms with Crippen molar-refractivity contribution in [1.82, 2.24) is 0 Å². The van der Waals surface area contributed by atoms with Gasteiger partial charge in [-0.1, -0.05) is 48.4 Å². The fourth-order valence-electron chi connectivity index (χ4n) is 2.71. The third-order valence-electron chi connectivity index (χ3n) is 3.85. The van der Waals surface area contributed by atoms with Crippen LogP contribution in [0.2, 0.25) is 10.0 Å². The average Bonchev–Trinajstić information content (AvgIpc) is 2.44. The van der Waals surface area contributed by atoms with Crippen molar-refractivity contribution in [3.63, 3.8) is 0 Å². The van der Waals surface area contributed by atoms with Crippen molar-refractivity contribution < 1.29 is 22.8 Å². The summed E-state index contributed by atoms with van der Waals surface area (Å²) in [5.74, 6) is -1.27. The van der Waals surface area contributed by atoms with Gasteiger partial charge in [0.15, 0.2) is 0 Å². The molecule has 0 saturated heterocycles. The number of benzene rings is 1. The van der Waals surface area contributed by atoms with Crippen molar-refractivity contribution in [2.75, 3.05) is 0 Å². The Bertz CT molecular complexity index is 942. The van der Waals surface area contributed by atoms with Crippen molar-refractivity contribution in [2.45, 2.75) is 11.8 Å². The fourth-order valence-corrected chi connectivity index (χ4v) is 4.46. The summed E-state index contributed by atoms with van der Waals surface area (Å²) in [7, 11) is -5.27. The summed E-state index contributed by atoms with van der Waals surface area (Å²) in [4.78, 5) is 17.8. The largest absolute Gasteiger partial charge is 0.374 e. The Labute approximate surface area is 151 Å². The van der Waals surface area contributed by atoms with Gasteiger partial charge in [-0.25, -0.2) is 0 Å². The first-order chi connectivity index (χ1) is 11.4. The van der Waals surface area contributed by atoms with Crippen LogP contribution in [-0.4, -0.2) is 27.7 Å². The summed E-state index contributed by atoms with van der Waals surface area (Å²) in [6.45, 7) is 1.22. The molecule has 12 heteroatoms. The van der Waals surface area contributed by atoms with Gasteiger partial charge < -0.3 is 0 Å². The van der Waals surface area contributed by atoms with E-state index in [1.54, 1.807) is 0 Å². The van der Waals surface area contributed by atoms with E-state index in [9.17, 15) is 33.2 Å². The lowest BCUT2D eigenvalue weighted by Crippen LogP contribution is -2.52. The number of allylic oxidation sites excluding steroid dienone is 2. The van der Waals surface area contributed by atoms with Crippen molar-refractivity contribution in [3.8, 4) is 0 Å². The lowest BCUT2D eigenvalue weighted by atomic mass is 9.85. The molecule has 0 radical (unpaired) electrons. The van der Waals surface area contributed by atoms with E-state index in [1.807, 2.05) is 0 Å². The van der Waals surface area contributed by atoms with Gasteiger partial charge in [-0.15, -0.1) is 0 Å². The molecule has 0 amide bonds. The minimum atomic E-state index is -5.27. The van der Waals surface area contributed by atoms with E-state index in [-0.39, 0.29) is 15.6 Å². The summed E-state index contributed by atoms with van der Waals surface area (Å²) in [6.07, 6.45) is 3.62. The van der Waals surface area contributed by atoms with Crippen LogP contribution in [0.25, 0.3) is 5.57 Å². The number of nitro groups is 2. The first-order valence-electron chi connectivity index (χ1n) is 6.58. The molecule has 0 aromatic heterocycles. The number of hydrogen-bond donors (Lipinski definition) is 1. The quantitative estimate of drug-likeness (QED) is 0.457. The predicted molar refractivity (Wildman–Crippen MR) is 90.7 cm³/mol. The molecule has 1 aliphatic carbocycles. The Morgan fingerprint density at radius 2 is 1.80 bits per heavy atom. The summed E-state index contributed by atoms with van der Waals surface area (Å²) < 4.78 is 33.6. The summed E-state index contributed by atoms with van der Waals surface area (Å²) >= 11 is 11.7. The number of nitro benzene ring substituents is 1. The Balaban J connectivity index is 2.91. The number of rotatable bonds is 4. The highest BCUT2D eigenvalue weighted by Gasteiger charge is 2.63. The molecule has 9 nitrogen and oxygen atoms in total. The van der Waals surface area contributed by atoms with E-state index in [0.717, 1.165) is 18.2 Å². The van der Waals surface area contributed by atoms with Crippen molar-refractivity contribution in [1.29, 1.82) is 0 Å². The molecule has 134 valence electrons. The normalized spacial score (nSPS) is 23.2. The van der Waals surface area contributed by atoms with Crippen LogP contribution in [-0.2, 0) is 10.1 Å². The third-order valence-corrected chi connectivity index (χ3v) is 6.00. The zero-order chi connectivity index (χ0) is 19.2. The fraction of sp³-hybridized carbons (Fsp3) is 0.231. The Morgan fingerprint density at radius 3 is 2.28 bits per heavy atom. The second-order valence-corrected chi connectivity index (χ2v) is 7.61. The zero-order valence-electron chi connectivity index (χ0n) is 12.4. The molecule has 1 N–H and O–H groups in total. The van der Waals surface area contributed by atoms with Crippen molar-refractivity contribution in [2.24, 2.45) is 5.92 Å². The van der Waals surface area contributed by atoms with Gasteiger partial charge in [0, 0.05) is 11.6 Å². The highest BCUT2D eigenvalue weighted by molar-refractivity contribution is 7.87. The molecule has 1 aromatic rings. The number of halogens is 2. The Kier molecular flexibility index (Phi) is 4.92. The van der Waals surface area contributed by atoms with Crippen molar-refractivity contribution >= 4 is 44.6 Å². The van der Waals surface area contributed by atoms with Gasteiger partial charge in [0.05, 0.1) is 26.4 Å². The summed E-state index contributed by atoms with van der Waals surface area (Å²) in [6, 6.07) is 1.82. The van der Waals surface area contributed by atoms with Gasteiger partial charge in [-0.2, -0.15) is 8.42 Å². The maximum atomic E-state index is 12.0. The SMILES string of the molecule is CC1C=CC=C(c2cc([N+](=O)[O-])c(Cl)cc2Cl)C1([N+](=O)[O-])S(=O)(=O)O. The second-order valence-electron chi connectivity index (χ2n) is 5.22. The van der Waals surface area contributed by atoms with Gasteiger partial charge in [-0.3, -0.25) is 24.8 Å². The van der Waals surface area contributed by atoms with Crippen LogP contribution in [0.15, 0.2) is 30.4 Å². The lowest BCUT2D eigenvalue weighted by molar-refractivity contribution is -0.531. The van der Waals surface area contributed by atoms with E-state index >= 15 is 0 Å². The number of hydrogen-bond acceptors (Lipinski definition) is 6. The first kappa shape index (κ1) is 19.3. The zero-order valence-corrected chi connectivity index (χ0v) is 14.7. The van der Waals surface area contributed by atoms with Crippen LogP contribution in [0.5, 0.6) is 0 Å². The van der Waals surface area contributed by atoms with E-state index in [4.69, 9.17) is 23.2 Å². The topological polar surface area (TPSA) is 141 Å². The molecule has 0 saturated carbocycles. The monoisotopic (exact) mass is 408 g/mol. The summed E-state index contributed by atoms with van der Waals surface area (Å²) in [5, 5.41) is 22.2. The lowest BCUT2D eigenvalue weighted by Gasteiger charge is -2.31. The van der Waals surface area contributed by atoms with E-state index in [0.29, 0.717) is 0 Å². The van der Waals surface area contributed by atoms with Gasteiger partial charge in [-0.05, 0) is 6.07 Å². The number of nitrogens with zero attached hydrogens (tertiary/aromatic N) is 2. The molecule has 0 aliphatic heterocycles. The summed E-state index contributed by atoms with van der Waals surface area (Å²) in [5.41, 5.74) is -1.40. The molecule has 25 heavy (non-hydrogen) atoms. The van der Waals surface area contributed by atoms with E-state index in [2.05, 4.69) is 0 Å². The van der Waals surface area contributed by atoms with Crippen LogP contribution >= 0.6 is 23.2 Å². The second kappa shape index (κ2) is 6.37. The first-order valence-corrected chi connectivity index (χ1v) is 8.78. The van der Waals surface area contributed by atoms with Crippen LogP contribution in [0.4, 0.5) is 5.69 Å². The molecule has 1 aliphatic rings. The van der Waals surface area contributed by atoms with Crippen LogP contribution < -0.4 is 0 Å². The average molecular weight is 409 g/mol. The van der Waals surface area contributed by atoms with Crippen LogP contribution in [0, 0.1) is 26.1 Å². The smallest absolute Gasteiger partial charge is 0.280 e. The third kappa shape index (κ3) is 2.91. The molecular weight excluding hydrogens is 399 g/mol. The maximum Gasteiger partial charge on any atom is 0.374 e. The molecule has 0 heterocycles. The molecule has 2 rings (SSSR count). The van der Waals surface area contributed by atoms with Crippen LogP contribution in [0.3, 0.4) is 0 Å². The molecule has 2 unspecified atom stereocenters. The molecule has 0 fully saturated rings. The molecule has 1 aromatic carbocycles.